The minimum absolute atomic E-state index is 0.00278. The Morgan fingerprint density at radius 1 is 1.15 bits per heavy atom. The summed E-state index contributed by atoms with van der Waals surface area (Å²) in [5.74, 6) is -0.884. The molecule has 0 bridgehead atoms. The van der Waals surface area contributed by atoms with Crippen molar-refractivity contribution in [2.45, 2.75) is 26.8 Å². The van der Waals surface area contributed by atoms with Gasteiger partial charge in [-0.2, -0.15) is 0 Å². The Kier molecular flexibility index (Phi) is 5.12. The Hall–Kier alpha value is -2.96. The fraction of sp³-hybridized carbons (Fsp3) is 0.350. The molecule has 0 unspecified atom stereocenters. The van der Waals surface area contributed by atoms with Crippen LogP contribution in [0.5, 0.6) is 0 Å². The van der Waals surface area contributed by atoms with Crippen LogP contribution in [0.2, 0.25) is 0 Å². The molecule has 2 aromatic rings. The summed E-state index contributed by atoms with van der Waals surface area (Å²) in [6, 6.07) is 7.70. The third-order valence-electron chi connectivity index (χ3n) is 4.94. The molecule has 0 aliphatic carbocycles. The molecular formula is C20H22FN3O3. The van der Waals surface area contributed by atoms with Gasteiger partial charge in [0.2, 0.25) is 0 Å². The largest absolute Gasteiger partial charge is 0.348 e. The number of ketones is 1. The maximum absolute atomic E-state index is 13.0. The molecule has 2 heterocycles. The zero-order valence-electron chi connectivity index (χ0n) is 15.7. The molecule has 7 heteroatoms. The predicted octanol–water partition coefficient (Wildman–Crippen LogP) is 2.56. The highest BCUT2D eigenvalue weighted by atomic mass is 19.1. The minimum atomic E-state index is -0.446. The number of likely N-dealkylation sites (N-methyl/N-ethyl adjacent to an activating group) is 1. The number of aryl methyl sites for hydroxylation is 2. The van der Waals surface area contributed by atoms with Crippen molar-refractivity contribution in [1.82, 2.24) is 14.4 Å². The molecule has 27 heavy (non-hydrogen) atoms. The predicted molar refractivity (Wildman–Crippen MR) is 98.1 cm³/mol. The number of carbonyl (C=O) groups is 3. The smallest absolute Gasteiger partial charge is 0.327 e. The van der Waals surface area contributed by atoms with E-state index in [4.69, 9.17) is 0 Å². The van der Waals surface area contributed by atoms with Gasteiger partial charge < -0.3 is 9.47 Å². The molecule has 0 atom stereocenters. The first kappa shape index (κ1) is 18.8. The Balaban J connectivity index is 1.73. The van der Waals surface area contributed by atoms with E-state index < -0.39 is 6.03 Å². The number of aromatic nitrogens is 1. The second-order valence-corrected chi connectivity index (χ2v) is 6.85. The zero-order chi connectivity index (χ0) is 19.7. The van der Waals surface area contributed by atoms with E-state index in [0.29, 0.717) is 18.5 Å². The zero-order valence-corrected chi connectivity index (χ0v) is 15.7. The molecule has 1 saturated heterocycles. The van der Waals surface area contributed by atoms with Crippen LogP contribution >= 0.6 is 0 Å². The molecule has 1 fully saturated rings. The molecule has 0 saturated carbocycles. The van der Waals surface area contributed by atoms with Crippen molar-refractivity contribution in [1.29, 1.82) is 0 Å². The lowest BCUT2D eigenvalue weighted by molar-refractivity contribution is -0.125. The lowest BCUT2D eigenvalue weighted by Gasteiger charge is -2.13. The van der Waals surface area contributed by atoms with Gasteiger partial charge >= 0.3 is 6.03 Å². The monoisotopic (exact) mass is 371 g/mol. The average molecular weight is 371 g/mol. The van der Waals surface area contributed by atoms with Crippen molar-refractivity contribution in [2.24, 2.45) is 0 Å². The first-order valence-corrected chi connectivity index (χ1v) is 8.77. The molecule has 3 amide bonds. The summed E-state index contributed by atoms with van der Waals surface area (Å²) in [6.45, 7) is 4.17. The third-order valence-corrected chi connectivity index (χ3v) is 4.94. The van der Waals surface area contributed by atoms with Gasteiger partial charge in [0.1, 0.15) is 12.4 Å². The van der Waals surface area contributed by atoms with E-state index in [-0.39, 0.29) is 30.6 Å². The SMILES string of the molecule is Cc1cc(C(=O)CN2C(=O)CN(C)C2=O)c(C)n1CCc1ccc(F)cc1. The summed E-state index contributed by atoms with van der Waals surface area (Å²) >= 11 is 0. The van der Waals surface area contributed by atoms with Crippen LogP contribution in [0, 0.1) is 19.7 Å². The topological polar surface area (TPSA) is 62.6 Å². The maximum Gasteiger partial charge on any atom is 0.327 e. The highest BCUT2D eigenvalue weighted by Gasteiger charge is 2.35. The van der Waals surface area contributed by atoms with Gasteiger partial charge in [0.25, 0.3) is 5.91 Å². The first-order chi connectivity index (χ1) is 12.8. The van der Waals surface area contributed by atoms with Crippen LogP contribution < -0.4 is 0 Å². The van der Waals surface area contributed by atoms with E-state index in [2.05, 4.69) is 0 Å². The number of hydrogen-bond acceptors (Lipinski definition) is 3. The standard InChI is InChI=1S/C20H22FN3O3/c1-13-10-17(18(25)11-24-19(26)12-22(3)20(24)27)14(2)23(13)9-8-15-4-6-16(21)7-5-15/h4-7,10H,8-9,11-12H2,1-3H3. The lowest BCUT2D eigenvalue weighted by atomic mass is 10.1. The summed E-state index contributed by atoms with van der Waals surface area (Å²) in [7, 11) is 1.53. The number of amides is 3. The molecule has 0 spiro atoms. The van der Waals surface area contributed by atoms with Gasteiger partial charge in [-0.1, -0.05) is 12.1 Å². The van der Waals surface area contributed by atoms with E-state index in [9.17, 15) is 18.8 Å². The number of Topliss-reactive ketones (excluding diaryl/α,β-unsaturated/α-hetero) is 1. The van der Waals surface area contributed by atoms with E-state index in [0.717, 1.165) is 21.9 Å². The molecule has 3 rings (SSSR count). The van der Waals surface area contributed by atoms with E-state index in [1.165, 1.54) is 24.1 Å². The fourth-order valence-electron chi connectivity index (χ4n) is 3.37. The van der Waals surface area contributed by atoms with Crippen molar-refractivity contribution in [3.05, 3.63) is 58.7 Å². The van der Waals surface area contributed by atoms with Crippen LogP contribution in [-0.2, 0) is 17.8 Å². The summed E-state index contributed by atoms with van der Waals surface area (Å²) in [5.41, 5.74) is 3.25. The van der Waals surface area contributed by atoms with Gasteiger partial charge in [-0.25, -0.2) is 9.18 Å². The second kappa shape index (κ2) is 7.34. The summed E-state index contributed by atoms with van der Waals surface area (Å²) in [6.07, 6.45) is 0.707. The first-order valence-electron chi connectivity index (χ1n) is 8.77. The quantitative estimate of drug-likeness (QED) is 0.579. The van der Waals surface area contributed by atoms with Gasteiger partial charge in [-0.3, -0.25) is 14.5 Å². The number of carbonyl (C=O) groups excluding carboxylic acids is 3. The third kappa shape index (κ3) is 3.77. The Bertz CT molecular complexity index is 902. The Morgan fingerprint density at radius 2 is 1.81 bits per heavy atom. The summed E-state index contributed by atoms with van der Waals surface area (Å²) < 4.78 is 15.0. The molecule has 1 aliphatic heterocycles. The van der Waals surface area contributed by atoms with Crippen molar-refractivity contribution in [3.63, 3.8) is 0 Å². The minimum Gasteiger partial charge on any atom is -0.348 e. The number of hydrogen-bond donors (Lipinski definition) is 0. The van der Waals surface area contributed by atoms with Crippen LogP contribution in [0.4, 0.5) is 9.18 Å². The van der Waals surface area contributed by atoms with Crippen LogP contribution in [0.25, 0.3) is 0 Å². The van der Waals surface area contributed by atoms with Crippen LogP contribution in [-0.4, -0.2) is 52.2 Å². The molecule has 0 N–H and O–H groups in total. The number of imide groups is 1. The van der Waals surface area contributed by atoms with Crippen LogP contribution in [0.15, 0.2) is 30.3 Å². The molecular weight excluding hydrogens is 349 g/mol. The number of rotatable bonds is 6. The second-order valence-electron chi connectivity index (χ2n) is 6.85. The summed E-state index contributed by atoms with van der Waals surface area (Å²) in [5, 5.41) is 0. The van der Waals surface area contributed by atoms with E-state index in [1.54, 1.807) is 18.2 Å². The lowest BCUT2D eigenvalue weighted by Crippen LogP contribution is -2.36. The Labute approximate surface area is 157 Å². The average Bonchev–Trinajstić information content (AvgIpc) is 3.04. The van der Waals surface area contributed by atoms with Gasteiger partial charge in [0, 0.05) is 30.5 Å². The fourth-order valence-corrected chi connectivity index (χ4v) is 3.37. The molecule has 6 nitrogen and oxygen atoms in total. The highest BCUT2D eigenvalue weighted by Crippen LogP contribution is 2.18. The number of urea groups is 1. The highest BCUT2D eigenvalue weighted by molar-refractivity contribution is 6.08. The molecule has 1 aromatic carbocycles. The van der Waals surface area contributed by atoms with Gasteiger partial charge in [0.05, 0.1) is 6.54 Å². The van der Waals surface area contributed by atoms with Gasteiger partial charge in [-0.15, -0.1) is 0 Å². The Morgan fingerprint density at radius 3 is 2.41 bits per heavy atom. The van der Waals surface area contributed by atoms with Crippen molar-refractivity contribution in [2.75, 3.05) is 20.1 Å². The van der Waals surface area contributed by atoms with E-state index >= 15 is 0 Å². The number of halogens is 1. The van der Waals surface area contributed by atoms with Gasteiger partial charge in [-0.05, 0) is 44.0 Å². The maximum atomic E-state index is 13.0. The summed E-state index contributed by atoms with van der Waals surface area (Å²) in [4.78, 5) is 38.8. The molecule has 142 valence electrons. The number of nitrogens with zero attached hydrogens (tertiary/aromatic N) is 3. The molecule has 1 aromatic heterocycles. The van der Waals surface area contributed by atoms with Crippen molar-refractivity contribution in [3.8, 4) is 0 Å². The van der Waals surface area contributed by atoms with Crippen LogP contribution in [0.1, 0.15) is 27.3 Å². The molecule has 0 radical (unpaired) electrons. The normalized spacial score (nSPS) is 14.4. The van der Waals surface area contributed by atoms with Crippen molar-refractivity contribution >= 4 is 17.7 Å². The van der Waals surface area contributed by atoms with Crippen LogP contribution in [0.3, 0.4) is 0 Å². The molecule has 1 aliphatic rings. The van der Waals surface area contributed by atoms with E-state index in [1.807, 2.05) is 18.4 Å². The number of benzene rings is 1. The van der Waals surface area contributed by atoms with Crippen molar-refractivity contribution < 1.29 is 18.8 Å². The van der Waals surface area contributed by atoms with Gasteiger partial charge in [0.15, 0.2) is 5.78 Å².